The first kappa shape index (κ1) is 9.45. The van der Waals surface area contributed by atoms with Crippen molar-refractivity contribution in [2.24, 2.45) is 0 Å². The van der Waals surface area contributed by atoms with E-state index in [-0.39, 0.29) is 6.69 Å². The Bertz CT molecular complexity index is 272. The summed E-state index contributed by atoms with van der Waals surface area (Å²) in [5.41, 5.74) is -0.174. The van der Waals surface area contributed by atoms with Crippen molar-refractivity contribution in [2.45, 2.75) is 6.18 Å². The van der Waals surface area contributed by atoms with Crippen molar-refractivity contribution in [3.63, 3.8) is 0 Å². The molecule has 0 radical (unpaired) electrons. The average Bonchev–Trinajstić information content (AvgIpc) is 2.03. The average molecular weight is 192 g/mol. The van der Waals surface area contributed by atoms with Crippen molar-refractivity contribution < 1.29 is 13.2 Å². The molecule has 12 heavy (non-hydrogen) atoms. The van der Waals surface area contributed by atoms with Crippen LogP contribution in [0.2, 0.25) is 0 Å². The summed E-state index contributed by atoms with van der Waals surface area (Å²) < 4.78 is 36.2. The van der Waals surface area contributed by atoms with Crippen LogP contribution in [0.25, 0.3) is 0 Å². The summed E-state index contributed by atoms with van der Waals surface area (Å²) in [7, 11) is 0. The van der Waals surface area contributed by atoms with E-state index in [9.17, 15) is 13.2 Å². The van der Waals surface area contributed by atoms with Gasteiger partial charge in [0, 0.05) is 0 Å². The minimum absolute atomic E-state index is 0.101. The third kappa shape index (κ3) is 2.17. The van der Waals surface area contributed by atoms with Gasteiger partial charge in [-0.05, 0) is 0 Å². The summed E-state index contributed by atoms with van der Waals surface area (Å²) in [4.78, 5) is 0. The molecular weight excluding hydrogens is 187 g/mol. The molecule has 0 atom stereocenters. The van der Waals surface area contributed by atoms with E-state index in [2.05, 4.69) is 0 Å². The molecule has 1 rings (SSSR count). The molecule has 0 aliphatic rings. The number of benzene rings is 1. The minimum Gasteiger partial charge on any atom is -0.194 e. The fraction of sp³-hybridized carbons (Fsp3) is 0.143. The molecule has 0 aliphatic carbocycles. The first-order valence-corrected chi connectivity index (χ1v) is 3.79. The van der Waals surface area contributed by atoms with Gasteiger partial charge in [-0.15, -0.1) is 0 Å². The van der Waals surface area contributed by atoms with E-state index < -0.39 is 11.7 Å². The molecule has 0 amide bonds. The maximum absolute atomic E-state index is 12.1. The highest BCUT2D eigenvalue weighted by atomic mass is 35.5. The SMILES string of the molecule is FC(F)(F)c1cccc(BCl)c1. The molecule has 0 fully saturated rings. The molecule has 1 aromatic carbocycles. The van der Waals surface area contributed by atoms with Crippen LogP contribution >= 0.6 is 11.5 Å². The Hall–Kier alpha value is -0.635. The van der Waals surface area contributed by atoms with E-state index in [1.54, 1.807) is 6.07 Å². The molecule has 0 spiro atoms. The quantitative estimate of drug-likeness (QED) is 0.596. The van der Waals surface area contributed by atoms with Gasteiger partial charge in [0.2, 0.25) is 0 Å². The lowest BCUT2D eigenvalue weighted by molar-refractivity contribution is -0.137. The smallest absolute Gasteiger partial charge is 0.194 e. The van der Waals surface area contributed by atoms with E-state index in [1.807, 2.05) is 0 Å². The van der Waals surface area contributed by atoms with Gasteiger partial charge in [0.1, 0.15) is 0 Å². The summed E-state index contributed by atoms with van der Waals surface area (Å²) in [6.07, 6.45) is -4.28. The van der Waals surface area contributed by atoms with Gasteiger partial charge in [0.15, 0.2) is 0 Å². The monoisotopic (exact) mass is 192 g/mol. The fourth-order valence-electron chi connectivity index (χ4n) is 0.831. The second-order valence-corrected chi connectivity index (χ2v) is 2.60. The van der Waals surface area contributed by atoms with Crippen LogP contribution in [-0.2, 0) is 6.18 Å². The lowest BCUT2D eigenvalue weighted by Crippen LogP contribution is -2.13. The second kappa shape index (κ2) is 3.39. The Kier molecular flexibility index (Phi) is 2.67. The zero-order valence-corrected chi connectivity index (χ0v) is 6.78. The predicted octanol–water partition coefficient (Wildman–Crippen LogP) is 1.92. The molecule has 5 heteroatoms. The Labute approximate surface area is 73.5 Å². The summed E-state index contributed by atoms with van der Waals surface area (Å²) >= 11 is 5.38. The highest BCUT2D eigenvalue weighted by Crippen LogP contribution is 2.27. The topological polar surface area (TPSA) is 0 Å². The van der Waals surface area contributed by atoms with E-state index in [0.717, 1.165) is 12.1 Å². The van der Waals surface area contributed by atoms with Crippen molar-refractivity contribution in [3.8, 4) is 0 Å². The summed E-state index contributed by atoms with van der Waals surface area (Å²) in [5, 5.41) is 0. The van der Waals surface area contributed by atoms with E-state index in [1.165, 1.54) is 6.07 Å². The van der Waals surface area contributed by atoms with Gasteiger partial charge in [0.25, 0.3) is 6.69 Å². The molecule has 1 aromatic rings. The standard InChI is InChI=1S/C7H5BClF3/c9-8-6-3-1-2-5(4-6)7(10,11)12/h1-4,8H. The Balaban J connectivity index is 3.02. The van der Waals surface area contributed by atoms with Crippen LogP contribution in [0.4, 0.5) is 13.2 Å². The van der Waals surface area contributed by atoms with Gasteiger partial charge in [-0.25, -0.2) is 0 Å². The van der Waals surface area contributed by atoms with Crippen LogP contribution in [0.1, 0.15) is 5.56 Å². The van der Waals surface area contributed by atoms with Gasteiger partial charge in [-0.3, -0.25) is 0 Å². The van der Waals surface area contributed by atoms with Crippen molar-refractivity contribution in [2.75, 3.05) is 0 Å². The first-order valence-electron chi connectivity index (χ1n) is 3.26. The van der Waals surface area contributed by atoms with Gasteiger partial charge >= 0.3 is 6.18 Å². The normalized spacial score (nSPS) is 11.3. The highest BCUT2D eigenvalue weighted by Gasteiger charge is 2.30. The number of alkyl halides is 3. The van der Waals surface area contributed by atoms with Crippen LogP contribution in [0.3, 0.4) is 0 Å². The zero-order chi connectivity index (χ0) is 9.19. The van der Waals surface area contributed by atoms with Gasteiger partial charge < -0.3 is 0 Å². The minimum atomic E-state index is -4.28. The van der Waals surface area contributed by atoms with E-state index in [0.29, 0.717) is 5.46 Å². The van der Waals surface area contributed by atoms with Crippen LogP contribution in [0, 0.1) is 0 Å². The molecule has 0 bridgehead atoms. The molecule has 0 aliphatic heterocycles. The third-order valence-electron chi connectivity index (χ3n) is 1.41. The Morgan fingerprint density at radius 3 is 2.42 bits per heavy atom. The lowest BCUT2D eigenvalue weighted by atomic mass is 9.93. The molecule has 0 unspecified atom stereocenters. The molecule has 0 nitrogen and oxygen atoms in total. The van der Waals surface area contributed by atoms with Crippen molar-refractivity contribution in [1.82, 2.24) is 0 Å². The largest absolute Gasteiger partial charge is 0.416 e. The van der Waals surface area contributed by atoms with Crippen molar-refractivity contribution in [1.29, 1.82) is 0 Å². The fourth-order valence-corrected chi connectivity index (χ4v) is 0.997. The Morgan fingerprint density at radius 1 is 1.25 bits per heavy atom. The van der Waals surface area contributed by atoms with E-state index in [4.69, 9.17) is 11.5 Å². The Morgan fingerprint density at radius 2 is 1.92 bits per heavy atom. The molecule has 64 valence electrons. The van der Waals surface area contributed by atoms with Gasteiger partial charge in [0.05, 0.1) is 5.56 Å². The molecular formula is C7H5BClF3. The summed E-state index contributed by atoms with van der Waals surface area (Å²) in [5.74, 6) is 0. The lowest BCUT2D eigenvalue weighted by Gasteiger charge is -2.06. The first-order chi connectivity index (χ1) is 5.54. The third-order valence-corrected chi connectivity index (χ3v) is 1.72. The number of hydrogen-bond acceptors (Lipinski definition) is 0. The zero-order valence-electron chi connectivity index (χ0n) is 6.03. The number of halogens is 4. The molecule has 0 saturated carbocycles. The summed E-state index contributed by atoms with van der Waals surface area (Å²) in [6, 6.07) is 4.98. The van der Waals surface area contributed by atoms with Gasteiger partial charge in [-0.2, -0.15) is 24.6 Å². The predicted molar refractivity (Wildman–Crippen MR) is 44.1 cm³/mol. The highest BCUT2D eigenvalue weighted by molar-refractivity contribution is 7.01. The maximum Gasteiger partial charge on any atom is 0.416 e. The van der Waals surface area contributed by atoms with E-state index >= 15 is 0 Å². The molecule has 0 saturated heterocycles. The number of rotatable bonds is 1. The van der Waals surface area contributed by atoms with Crippen LogP contribution in [-0.4, -0.2) is 6.69 Å². The second-order valence-electron chi connectivity index (χ2n) is 2.33. The van der Waals surface area contributed by atoms with Crippen LogP contribution in [0.15, 0.2) is 24.3 Å². The van der Waals surface area contributed by atoms with Gasteiger partial charge in [-0.1, -0.05) is 29.7 Å². The molecule has 0 N–H and O–H groups in total. The maximum atomic E-state index is 12.1. The molecule has 0 aromatic heterocycles. The molecule has 0 heterocycles. The summed E-state index contributed by atoms with van der Waals surface area (Å²) in [6.45, 7) is 0.101. The number of hydrogen-bond donors (Lipinski definition) is 0. The van der Waals surface area contributed by atoms with Crippen molar-refractivity contribution >= 4 is 23.6 Å². The van der Waals surface area contributed by atoms with Crippen molar-refractivity contribution in [3.05, 3.63) is 29.8 Å². The van der Waals surface area contributed by atoms with Crippen LogP contribution < -0.4 is 5.46 Å². The van der Waals surface area contributed by atoms with Crippen LogP contribution in [0.5, 0.6) is 0 Å².